The number of carbonyl (C=O) groups excluding carboxylic acids is 1. The lowest BCUT2D eigenvalue weighted by molar-refractivity contribution is 0.0957. The van der Waals surface area contributed by atoms with Gasteiger partial charge in [-0.2, -0.15) is 0 Å². The maximum Gasteiger partial charge on any atom is 0.261 e. The largest absolute Gasteiger partial charge is 0.444 e. The molecule has 6 heteroatoms. The average molecular weight is 396 g/mol. The lowest BCUT2D eigenvalue weighted by Gasteiger charge is -2.22. The van der Waals surface area contributed by atoms with Crippen molar-refractivity contribution in [1.29, 1.82) is 0 Å². The third kappa shape index (κ3) is 4.18. The van der Waals surface area contributed by atoms with E-state index >= 15 is 0 Å². The molecule has 3 heterocycles. The molecule has 146 valence electrons. The molecule has 5 nitrogen and oxygen atoms in total. The van der Waals surface area contributed by atoms with Gasteiger partial charge in [0.05, 0.1) is 10.6 Å². The molecule has 28 heavy (non-hydrogen) atoms. The summed E-state index contributed by atoms with van der Waals surface area (Å²) in [5.74, 6) is 0.698. The molecule has 0 unspecified atom stereocenters. The number of hydrogen-bond acceptors (Lipinski definition) is 5. The Balaban J connectivity index is 1.44. The van der Waals surface area contributed by atoms with E-state index in [9.17, 15) is 4.79 Å². The summed E-state index contributed by atoms with van der Waals surface area (Å²) in [5.41, 5.74) is 1.94. The summed E-state index contributed by atoms with van der Waals surface area (Å²) < 4.78 is 5.69. The number of benzene rings is 1. The lowest BCUT2D eigenvalue weighted by Crippen LogP contribution is -2.23. The molecule has 0 saturated carbocycles. The van der Waals surface area contributed by atoms with Gasteiger partial charge in [-0.1, -0.05) is 25.1 Å². The Hall–Kier alpha value is -2.44. The Morgan fingerprint density at radius 2 is 2.14 bits per heavy atom. The van der Waals surface area contributed by atoms with Crippen LogP contribution in [0.4, 0.5) is 0 Å². The van der Waals surface area contributed by atoms with Crippen molar-refractivity contribution in [2.24, 2.45) is 0 Å². The van der Waals surface area contributed by atoms with Crippen LogP contribution in [0.5, 0.6) is 0 Å². The number of hydrogen-bond donors (Lipinski definition) is 1. The first-order valence-electron chi connectivity index (χ1n) is 9.86. The van der Waals surface area contributed by atoms with Gasteiger partial charge in [-0.15, -0.1) is 11.3 Å². The first kappa shape index (κ1) is 18.9. The molecule has 1 aromatic carbocycles. The van der Waals surface area contributed by atoms with Crippen LogP contribution in [-0.2, 0) is 6.54 Å². The van der Waals surface area contributed by atoms with Crippen molar-refractivity contribution >= 4 is 17.2 Å². The first-order valence-corrected chi connectivity index (χ1v) is 10.7. The molecule has 1 amide bonds. The van der Waals surface area contributed by atoms with E-state index in [1.807, 2.05) is 36.4 Å². The smallest absolute Gasteiger partial charge is 0.261 e. The van der Waals surface area contributed by atoms with Gasteiger partial charge in [0.1, 0.15) is 6.26 Å². The standard InChI is InChI=1S/C22H25N3O2S/c1-2-12-23-21(26)20-11-10-19(28-20)18-9-6-13-25(18)14-17-15-27-22(24-17)16-7-4-3-5-8-16/h3-5,7-8,10-11,15,18H,2,6,9,12-14H2,1H3,(H,23,26)/t18-/m1/s1. The second-order valence-corrected chi connectivity index (χ2v) is 8.21. The van der Waals surface area contributed by atoms with Gasteiger partial charge in [0.15, 0.2) is 0 Å². The van der Waals surface area contributed by atoms with Crippen molar-refractivity contribution in [3.8, 4) is 11.5 Å². The highest BCUT2D eigenvalue weighted by atomic mass is 32.1. The van der Waals surface area contributed by atoms with Crippen LogP contribution in [0.15, 0.2) is 53.1 Å². The van der Waals surface area contributed by atoms with Crippen LogP contribution in [0.2, 0.25) is 0 Å². The van der Waals surface area contributed by atoms with E-state index < -0.39 is 0 Å². The van der Waals surface area contributed by atoms with Crippen LogP contribution >= 0.6 is 11.3 Å². The summed E-state index contributed by atoms with van der Waals surface area (Å²) in [6.45, 7) is 4.57. The number of nitrogens with zero attached hydrogens (tertiary/aromatic N) is 2. The molecule has 3 aromatic rings. The van der Waals surface area contributed by atoms with Gasteiger partial charge in [0.2, 0.25) is 5.89 Å². The normalized spacial score (nSPS) is 17.1. The van der Waals surface area contributed by atoms with Gasteiger partial charge in [-0.3, -0.25) is 9.69 Å². The van der Waals surface area contributed by atoms with E-state index in [2.05, 4.69) is 28.2 Å². The predicted molar refractivity (Wildman–Crippen MR) is 111 cm³/mol. The van der Waals surface area contributed by atoms with Crippen molar-refractivity contribution in [3.63, 3.8) is 0 Å². The molecular weight excluding hydrogens is 370 g/mol. The summed E-state index contributed by atoms with van der Waals surface area (Å²) in [5, 5.41) is 2.96. The van der Waals surface area contributed by atoms with Crippen molar-refractivity contribution in [2.75, 3.05) is 13.1 Å². The minimum Gasteiger partial charge on any atom is -0.444 e. The molecule has 0 bridgehead atoms. The van der Waals surface area contributed by atoms with Crippen molar-refractivity contribution in [3.05, 3.63) is 64.2 Å². The fraction of sp³-hybridized carbons (Fsp3) is 0.364. The van der Waals surface area contributed by atoms with Crippen molar-refractivity contribution in [1.82, 2.24) is 15.2 Å². The first-order chi connectivity index (χ1) is 13.7. The maximum absolute atomic E-state index is 12.2. The number of thiophene rings is 1. The monoisotopic (exact) mass is 395 g/mol. The fourth-order valence-electron chi connectivity index (χ4n) is 3.62. The third-order valence-corrected chi connectivity index (χ3v) is 6.20. The third-order valence-electron chi connectivity index (χ3n) is 5.02. The Labute approximate surface area is 169 Å². The van der Waals surface area contributed by atoms with E-state index in [0.29, 0.717) is 11.9 Å². The molecule has 1 N–H and O–H groups in total. The zero-order valence-corrected chi connectivity index (χ0v) is 16.9. The number of aromatic nitrogens is 1. The van der Waals surface area contributed by atoms with Crippen LogP contribution in [-0.4, -0.2) is 28.9 Å². The Bertz CT molecular complexity index is 919. The molecule has 0 spiro atoms. The van der Waals surface area contributed by atoms with Crippen LogP contribution in [0.25, 0.3) is 11.5 Å². The topological polar surface area (TPSA) is 58.4 Å². The number of rotatable bonds is 7. The van der Waals surface area contributed by atoms with Crippen molar-refractivity contribution < 1.29 is 9.21 Å². The highest BCUT2D eigenvalue weighted by Gasteiger charge is 2.28. The van der Waals surface area contributed by atoms with Crippen molar-refractivity contribution in [2.45, 2.75) is 38.8 Å². The summed E-state index contributed by atoms with van der Waals surface area (Å²) in [4.78, 5) is 21.4. The van der Waals surface area contributed by atoms with Crippen LogP contribution in [0, 0.1) is 0 Å². The van der Waals surface area contributed by atoms with Gasteiger partial charge in [0, 0.05) is 29.6 Å². The van der Waals surface area contributed by atoms with E-state index in [1.165, 1.54) is 4.88 Å². The molecule has 4 rings (SSSR count). The quantitative estimate of drug-likeness (QED) is 0.619. The minimum atomic E-state index is 0.0339. The van der Waals surface area contributed by atoms with Crippen LogP contribution < -0.4 is 5.32 Å². The Kier molecular flexibility index (Phi) is 5.88. The Morgan fingerprint density at radius 1 is 1.29 bits per heavy atom. The summed E-state index contributed by atoms with van der Waals surface area (Å²) >= 11 is 1.61. The predicted octanol–water partition coefficient (Wildman–Crippen LogP) is 4.88. The molecular formula is C22H25N3O2S. The Morgan fingerprint density at radius 3 is 2.96 bits per heavy atom. The van der Waals surface area contributed by atoms with E-state index in [1.54, 1.807) is 17.6 Å². The van der Waals surface area contributed by atoms with E-state index in [0.717, 1.165) is 55.0 Å². The van der Waals surface area contributed by atoms with Gasteiger partial charge < -0.3 is 9.73 Å². The zero-order valence-electron chi connectivity index (χ0n) is 16.1. The number of oxazole rings is 1. The van der Waals surface area contributed by atoms with Gasteiger partial charge in [-0.05, 0) is 50.1 Å². The van der Waals surface area contributed by atoms with Crippen LogP contribution in [0.1, 0.15) is 52.5 Å². The van der Waals surface area contributed by atoms with E-state index in [4.69, 9.17) is 4.42 Å². The highest BCUT2D eigenvalue weighted by molar-refractivity contribution is 7.14. The summed E-state index contributed by atoms with van der Waals surface area (Å²) in [6.07, 6.45) is 4.97. The average Bonchev–Trinajstić information content (AvgIpc) is 3.47. The molecule has 1 saturated heterocycles. The second-order valence-electron chi connectivity index (χ2n) is 7.10. The highest BCUT2D eigenvalue weighted by Crippen LogP contribution is 2.37. The fourth-order valence-corrected chi connectivity index (χ4v) is 4.71. The number of amides is 1. The number of likely N-dealkylation sites (tertiary alicyclic amines) is 1. The number of carbonyl (C=O) groups is 1. The molecule has 0 radical (unpaired) electrons. The molecule has 1 fully saturated rings. The molecule has 1 aliphatic heterocycles. The second kappa shape index (κ2) is 8.71. The molecule has 0 aliphatic carbocycles. The summed E-state index contributed by atoms with van der Waals surface area (Å²) in [7, 11) is 0. The SMILES string of the molecule is CCCNC(=O)c1ccc([C@H]2CCCN2Cc2coc(-c3ccccc3)n2)s1. The van der Waals surface area contributed by atoms with E-state index in [-0.39, 0.29) is 5.91 Å². The van der Waals surface area contributed by atoms with Gasteiger partial charge in [0.25, 0.3) is 5.91 Å². The molecule has 1 aliphatic rings. The maximum atomic E-state index is 12.2. The van der Waals surface area contributed by atoms with Gasteiger partial charge in [-0.25, -0.2) is 4.98 Å². The van der Waals surface area contributed by atoms with Gasteiger partial charge >= 0.3 is 0 Å². The molecule has 1 atom stereocenters. The summed E-state index contributed by atoms with van der Waals surface area (Å²) in [6, 6.07) is 14.4. The minimum absolute atomic E-state index is 0.0339. The van der Waals surface area contributed by atoms with Crippen LogP contribution in [0.3, 0.4) is 0 Å². The zero-order chi connectivity index (χ0) is 19.3. The lowest BCUT2D eigenvalue weighted by atomic mass is 10.2. The molecule has 2 aromatic heterocycles. The number of nitrogens with one attached hydrogen (secondary N) is 1.